The van der Waals surface area contributed by atoms with Crippen LogP contribution in [0.5, 0.6) is 5.75 Å². The van der Waals surface area contributed by atoms with Crippen LogP contribution in [0.2, 0.25) is 5.02 Å². The van der Waals surface area contributed by atoms with Crippen molar-refractivity contribution in [2.75, 3.05) is 6.61 Å². The molecule has 1 saturated carbocycles. The molecule has 1 aliphatic rings. The molecule has 0 saturated heterocycles. The number of aryl methyl sites for hydroxylation is 1. The van der Waals surface area contributed by atoms with E-state index in [4.69, 9.17) is 32.7 Å². The van der Waals surface area contributed by atoms with Crippen LogP contribution in [0.1, 0.15) is 53.2 Å². The highest BCUT2D eigenvalue weighted by Crippen LogP contribution is 2.40. The average molecular weight is 501 g/mol. The zero-order valence-electron chi connectivity index (χ0n) is 18.3. The zero-order valence-corrected chi connectivity index (χ0v) is 20.6. The molecular formula is C24H30Cl2O5S. The van der Waals surface area contributed by atoms with Gasteiger partial charge in [0.15, 0.2) is 0 Å². The molecule has 0 unspecified atom stereocenters. The third-order valence-electron chi connectivity index (χ3n) is 5.70. The number of ether oxygens (including phenoxy) is 2. The van der Waals surface area contributed by atoms with Crippen LogP contribution in [0.15, 0.2) is 30.3 Å². The van der Waals surface area contributed by atoms with Crippen molar-refractivity contribution in [3.05, 3.63) is 50.7 Å². The topological polar surface area (TPSA) is 76.0 Å². The van der Waals surface area contributed by atoms with Crippen molar-refractivity contribution in [3.8, 4) is 5.75 Å². The molecule has 0 aliphatic heterocycles. The van der Waals surface area contributed by atoms with Crippen molar-refractivity contribution in [3.63, 3.8) is 0 Å². The van der Waals surface area contributed by atoms with Crippen LogP contribution in [-0.2, 0) is 17.8 Å². The molecule has 1 heterocycles. The van der Waals surface area contributed by atoms with Crippen molar-refractivity contribution in [1.29, 1.82) is 0 Å². The molecule has 176 valence electrons. The predicted octanol–water partition coefficient (Wildman–Crippen LogP) is 5.47. The van der Waals surface area contributed by atoms with Gasteiger partial charge in [0.05, 0.1) is 25.4 Å². The molecule has 32 heavy (non-hydrogen) atoms. The predicted molar refractivity (Wildman–Crippen MR) is 128 cm³/mol. The molecule has 5 nitrogen and oxygen atoms in total. The van der Waals surface area contributed by atoms with Crippen molar-refractivity contribution in [1.82, 2.24) is 0 Å². The number of esters is 1. The minimum atomic E-state index is -0.516. The Kier molecular flexibility index (Phi) is 9.26. The first kappa shape index (κ1) is 25.3. The second kappa shape index (κ2) is 11.7. The number of hydrogen-bond donors (Lipinski definition) is 2. The summed E-state index contributed by atoms with van der Waals surface area (Å²) in [6.07, 6.45) is 2.50. The molecule has 2 N–H and O–H groups in total. The van der Waals surface area contributed by atoms with Crippen LogP contribution in [0.3, 0.4) is 0 Å². The lowest BCUT2D eigenvalue weighted by atomic mass is 9.90. The number of alkyl halides is 1. The summed E-state index contributed by atoms with van der Waals surface area (Å²) in [5.41, 5.74) is 0.679. The van der Waals surface area contributed by atoms with Crippen LogP contribution < -0.4 is 4.74 Å². The number of halogens is 2. The number of carbonyl (C=O) groups is 1. The molecule has 1 aliphatic carbocycles. The fourth-order valence-corrected chi connectivity index (χ4v) is 5.83. The van der Waals surface area contributed by atoms with Crippen LogP contribution in [0, 0.1) is 11.8 Å². The minimum Gasteiger partial charge on any atom is -0.493 e. The molecule has 1 aromatic heterocycles. The molecular weight excluding hydrogens is 471 g/mol. The maximum absolute atomic E-state index is 12.0. The number of rotatable bonds is 10. The summed E-state index contributed by atoms with van der Waals surface area (Å²) in [5.74, 6) is 0.353. The molecule has 2 aromatic rings. The highest BCUT2D eigenvalue weighted by Gasteiger charge is 2.41. The Labute approximate surface area is 203 Å². The highest BCUT2D eigenvalue weighted by molar-refractivity contribution is 7.13. The van der Waals surface area contributed by atoms with Crippen LogP contribution in [0.25, 0.3) is 0 Å². The largest absolute Gasteiger partial charge is 0.493 e. The summed E-state index contributed by atoms with van der Waals surface area (Å²) >= 11 is 14.1. The van der Waals surface area contributed by atoms with Gasteiger partial charge in [-0.3, -0.25) is 0 Å². The second-order valence-corrected chi connectivity index (χ2v) is 10.7. The highest BCUT2D eigenvalue weighted by atomic mass is 35.5. The Morgan fingerprint density at radius 1 is 1.25 bits per heavy atom. The fraction of sp³-hybridized carbons (Fsp3) is 0.542. The SMILES string of the molecule is CC(C)OC(=O)c1ccc(CCC[C@@H]2[C@@H](COc3cc(Cl)cc(CO)c3)[C@H](O)C[C@H]2Cl)s1. The summed E-state index contributed by atoms with van der Waals surface area (Å²) in [4.78, 5) is 13.8. The van der Waals surface area contributed by atoms with E-state index in [-0.39, 0.29) is 35.9 Å². The maximum atomic E-state index is 12.0. The first-order valence-electron chi connectivity index (χ1n) is 10.9. The first-order chi connectivity index (χ1) is 15.3. The van der Waals surface area contributed by atoms with E-state index in [2.05, 4.69) is 0 Å². The van der Waals surface area contributed by atoms with Crippen molar-refractivity contribution in [2.24, 2.45) is 11.8 Å². The molecule has 8 heteroatoms. The second-order valence-electron chi connectivity index (χ2n) is 8.52. The standard InChI is InChI=1S/C24H30Cl2O5S/c1-14(2)31-24(29)23-7-6-18(32-23)4-3-5-19-20(22(28)11-21(19)26)13-30-17-9-15(12-27)8-16(25)10-17/h6-10,14,19-22,27-28H,3-5,11-13H2,1-2H3/t19-,20-,21-,22-/m1/s1. The van der Waals surface area contributed by atoms with Gasteiger partial charge in [-0.2, -0.15) is 0 Å². The van der Waals surface area contributed by atoms with Gasteiger partial charge in [-0.05, 0) is 81.3 Å². The Bertz CT molecular complexity index is 900. The Morgan fingerprint density at radius 3 is 2.75 bits per heavy atom. The molecule has 0 radical (unpaired) electrons. The van der Waals surface area contributed by atoms with Gasteiger partial charge in [-0.25, -0.2) is 4.79 Å². The Morgan fingerprint density at radius 2 is 2.03 bits per heavy atom. The van der Waals surface area contributed by atoms with E-state index in [1.54, 1.807) is 18.2 Å². The smallest absolute Gasteiger partial charge is 0.348 e. The summed E-state index contributed by atoms with van der Waals surface area (Å²) in [6, 6.07) is 8.93. The van der Waals surface area contributed by atoms with Gasteiger partial charge in [0.25, 0.3) is 0 Å². The number of thiophene rings is 1. The van der Waals surface area contributed by atoms with Crippen LogP contribution in [-0.4, -0.2) is 40.4 Å². The molecule has 0 bridgehead atoms. The van der Waals surface area contributed by atoms with E-state index in [9.17, 15) is 15.0 Å². The fourth-order valence-electron chi connectivity index (χ4n) is 4.16. The van der Waals surface area contributed by atoms with E-state index < -0.39 is 6.10 Å². The van der Waals surface area contributed by atoms with E-state index in [1.165, 1.54) is 11.3 Å². The van der Waals surface area contributed by atoms with Crippen molar-refractivity contribution >= 4 is 40.5 Å². The monoisotopic (exact) mass is 500 g/mol. The third kappa shape index (κ3) is 6.84. The van der Waals surface area contributed by atoms with E-state index in [0.29, 0.717) is 34.2 Å². The zero-order chi connectivity index (χ0) is 23.3. The van der Waals surface area contributed by atoms with Gasteiger partial charge in [0.2, 0.25) is 0 Å². The number of aliphatic hydroxyl groups is 2. The molecule has 1 fully saturated rings. The summed E-state index contributed by atoms with van der Waals surface area (Å²) < 4.78 is 11.2. The first-order valence-corrected chi connectivity index (χ1v) is 12.5. The summed E-state index contributed by atoms with van der Waals surface area (Å²) in [5, 5.41) is 20.3. The normalized spacial score (nSPS) is 23.0. The number of hydrogen-bond acceptors (Lipinski definition) is 6. The Hall–Kier alpha value is -1.31. The van der Waals surface area contributed by atoms with Crippen molar-refractivity contribution in [2.45, 2.75) is 63.7 Å². The molecule has 1 aromatic carbocycles. The quantitative estimate of drug-likeness (QED) is 0.334. The third-order valence-corrected chi connectivity index (χ3v) is 7.54. The van der Waals surface area contributed by atoms with Gasteiger partial charge in [-0.1, -0.05) is 11.6 Å². The summed E-state index contributed by atoms with van der Waals surface area (Å²) in [6.45, 7) is 3.89. The van der Waals surface area contributed by atoms with E-state index in [1.807, 2.05) is 26.0 Å². The molecule has 0 spiro atoms. The number of benzene rings is 1. The van der Waals surface area contributed by atoms with Crippen molar-refractivity contribution < 1.29 is 24.5 Å². The number of aliphatic hydroxyl groups excluding tert-OH is 2. The molecule has 3 rings (SSSR count). The van der Waals surface area contributed by atoms with Crippen LogP contribution in [0.4, 0.5) is 0 Å². The summed E-state index contributed by atoms with van der Waals surface area (Å²) in [7, 11) is 0. The van der Waals surface area contributed by atoms with E-state index >= 15 is 0 Å². The van der Waals surface area contributed by atoms with Gasteiger partial charge in [0, 0.05) is 21.2 Å². The average Bonchev–Trinajstić information content (AvgIpc) is 3.30. The Balaban J connectivity index is 1.54. The van der Waals surface area contributed by atoms with Crippen LogP contribution >= 0.6 is 34.5 Å². The molecule has 0 amide bonds. The maximum Gasteiger partial charge on any atom is 0.348 e. The minimum absolute atomic E-state index is 0.0750. The van der Waals surface area contributed by atoms with Gasteiger partial charge in [-0.15, -0.1) is 22.9 Å². The van der Waals surface area contributed by atoms with E-state index in [0.717, 1.165) is 24.1 Å². The lowest BCUT2D eigenvalue weighted by Gasteiger charge is -2.24. The number of carbonyl (C=O) groups excluding carboxylic acids is 1. The molecule has 4 atom stereocenters. The lowest BCUT2D eigenvalue weighted by molar-refractivity contribution is 0.0383. The van der Waals surface area contributed by atoms with Gasteiger partial charge in [0.1, 0.15) is 10.6 Å². The van der Waals surface area contributed by atoms with Gasteiger partial charge < -0.3 is 19.7 Å². The van der Waals surface area contributed by atoms with Gasteiger partial charge >= 0.3 is 5.97 Å². The lowest BCUT2D eigenvalue weighted by Crippen LogP contribution is -2.27.